The number of anilines is 1. The summed E-state index contributed by atoms with van der Waals surface area (Å²) in [5.41, 5.74) is 6.50. The van der Waals surface area contributed by atoms with Crippen LogP contribution in [0.1, 0.15) is 49.4 Å². The molecule has 20 heavy (non-hydrogen) atoms. The van der Waals surface area contributed by atoms with Gasteiger partial charge < -0.3 is 15.4 Å². The molecule has 0 spiro atoms. The van der Waals surface area contributed by atoms with E-state index >= 15 is 0 Å². The summed E-state index contributed by atoms with van der Waals surface area (Å²) in [5, 5.41) is 0. The zero-order chi connectivity index (χ0) is 14.7. The van der Waals surface area contributed by atoms with Gasteiger partial charge in [-0.1, -0.05) is 13.8 Å². The zero-order valence-electron chi connectivity index (χ0n) is 12.3. The number of ether oxygens (including phenoxy) is 1. The molecule has 1 aliphatic rings. The number of nitrogens with two attached hydrogens (primary N) is 1. The average molecular weight is 278 g/mol. The molecule has 2 rings (SSSR count). The van der Waals surface area contributed by atoms with Crippen LogP contribution in [0.25, 0.3) is 0 Å². The number of amides is 1. The number of nitrogens with zero attached hydrogens (tertiary/aromatic N) is 3. The van der Waals surface area contributed by atoms with Crippen molar-refractivity contribution in [1.29, 1.82) is 0 Å². The number of hydrogen-bond acceptors (Lipinski definition) is 5. The second-order valence-corrected chi connectivity index (χ2v) is 5.47. The van der Waals surface area contributed by atoms with Gasteiger partial charge in [-0.3, -0.25) is 4.79 Å². The van der Waals surface area contributed by atoms with Gasteiger partial charge in [0.25, 0.3) is 5.91 Å². The lowest BCUT2D eigenvalue weighted by molar-refractivity contribution is 0.0559. The van der Waals surface area contributed by atoms with Crippen molar-refractivity contribution in [3.63, 3.8) is 0 Å². The Morgan fingerprint density at radius 3 is 3.00 bits per heavy atom. The highest BCUT2D eigenvalue weighted by atomic mass is 16.5. The van der Waals surface area contributed by atoms with E-state index in [2.05, 4.69) is 9.97 Å². The van der Waals surface area contributed by atoms with Gasteiger partial charge in [0.1, 0.15) is 5.82 Å². The second-order valence-electron chi connectivity index (χ2n) is 5.47. The minimum absolute atomic E-state index is 0.0362. The summed E-state index contributed by atoms with van der Waals surface area (Å²) in [5.74, 6) is 0.666. The Labute approximate surface area is 119 Å². The SMILES string of the molecule is CC1CN(C(=O)c2nc(C(C)C)ncc2N)CCCO1. The molecule has 1 aliphatic heterocycles. The minimum Gasteiger partial charge on any atom is -0.396 e. The quantitative estimate of drug-likeness (QED) is 0.885. The number of aromatic nitrogens is 2. The molecule has 2 N–H and O–H groups in total. The van der Waals surface area contributed by atoms with E-state index in [0.29, 0.717) is 36.9 Å². The highest BCUT2D eigenvalue weighted by Crippen LogP contribution is 2.17. The summed E-state index contributed by atoms with van der Waals surface area (Å²) >= 11 is 0. The summed E-state index contributed by atoms with van der Waals surface area (Å²) in [4.78, 5) is 22.9. The zero-order valence-corrected chi connectivity index (χ0v) is 12.3. The Morgan fingerprint density at radius 2 is 2.30 bits per heavy atom. The van der Waals surface area contributed by atoms with Gasteiger partial charge in [0, 0.05) is 25.6 Å². The molecule has 1 amide bonds. The Bertz CT molecular complexity index is 490. The minimum atomic E-state index is -0.135. The van der Waals surface area contributed by atoms with Crippen molar-refractivity contribution in [3.05, 3.63) is 17.7 Å². The average Bonchev–Trinajstić information content (AvgIpc) is 2.63. The summed E-state index contributed by atoms with van der Waals surface area (Å²) in [6, 6.07) is 0. The molecule has 110 valence electrons. The molecule has 1 saturated heterocycles. The van der Waals surface area contributed by atoms with Crippen LogP contribution in [0.3, 0.4) is 0 Å². The van der Waals surface area contributed by atoms with Crippen LogP contribution in [-0.4, -0.2) is 46.6 Å². The molecule has 0 aromatic carbocycles. The van der Waals surface area contributed by atoms with Gasteiger partial charge in [-0.2, -0.15) is 0 Å². The Morgan fingerprint density at radius 1 is 1.55 bits per heavy atom. The molecule has 0 radical (unpaired) electrons. The van der Waals surface area contributed by atoms with Crippen LogP contribution in [0.5, 0.6) is 0 Å². The lowest BCUT2D eigenvalue weighted by atomic mass is 10.2. The molecule has 1 atom stereocenters. The Hall–Kier alpha value is -1.69. The summed E-state index contributed by atoms with van der Waals surface area (Å²) in [6.07, 6.45) is 2.39. The number of rotatable bonds is 2. The van der Waals surface area contributed by atoms with E-state index < -0.39 is 0 Å². The van der Waals surface area contributed by atoms with E-state index in [9.17, 15) is 4.79 Å². The Balaban J connectivity index is 2.25. The lowest BCUT2D eigenvalue weighted by Crippen LogP contribution is -2.37. The third kappa shape index (κ3) is 3.25. The molecule has 0 bridgehead atoms. The lowest BCUT2D eigenvalue weighted by Gasteiger charge is -2.22. The topological polar surface area (TPSA) is 81.3 Å². The van der Waals surface area contributed by atoms with Gasteiger partial charge in [-0.25, -0.2) is 9.97 Å². The molecule has 0 aliphatic carbocycles. The van der Waals surface area contributed by atoms with Crippen molar-refractivity contribution in [2.45, 2.75) is 39.2 Å². The van der Waals surface area contributed by atoms with E-state index in [0.717, 1.165) is 6.42 Å². The van der Waals surface area contributed by atoms with Gasteiger partial charge in [-0.05, 0) is 13.3 Å². The summed E-state index contributed by atoms with van der Waals surface area (Å²) < 4.78 is 5.55. The molecule has 1 aromatic heterocycles. The first-order valence-electron chi connectivity index (χ1n) is 7.02. The van der Waals surface area contributed by atoms with Crippen LogP contribution in [0, 0.1) is 0 Å². The van der Waals surface area contributed by atoms with Gasteiger partial charge in [0.15, 0.2) is 5.69 Å². The normalized spacial score (nSPS) is 20.0. The van der Waals surface area contributed by atoms with Crippen molar-refractivity contribution in [2.75, 3.05) is 25.4 Å². The fraction of sp³-hybridized carbons (Fsp3) is 0.643. The van der Waals surface area contributed by atoms with Crippen LogP contribution in [0.4, 0.5) is 5.69 Å². The third-order valence-electron chi connectivity index (χ3n) is 3.29. The van der Waals surface area contributed by atoms with Crippen molar-refractivity contribution in [2.24, 2.45) is 0 Å². The molecule has 6 heteroatoms. The molecule has 0 saturated carbocycles. The maximum Gasteiger partial charge on any atom is 0.274 e. The Kier molecular flexibility index (Phi) is 4.54. The van der Waals surface area contributed by atoms with Crippen LogP contribution < -0.4 is 5.73 Å². The predicted molar refractivity (Wildman–Crippen MR) is 76.5 cm³/mol. The fourth-order valence-electron chi connectivity index (χ4n) is 2.18. The van der Waals surface area contributed by atoms with Gasteiger partial charge >= 0.3 is 0 Å². The van der Waals surface area contributed by atoms with E-state index in [4.69, 9.17) is 10.5 Å². The standard InChI is InChI=1S/C14H22N4O2/c1-9(2)13-16-7-11(15)12(17-13)14(19)18-5-4-6-20-10(3)8-18/h7,9-10H,4-6,8,15H2,1-3H3. The molecular weight excluding hydrogens is 256 g/mol. The first kappa shape index (κ1) is 14.7. The number of hydrogen-bond donors (Lipinski definition) is 1. The summed E-state index contributed by atoms with van der Waals surface area (Å²) in [7, 11) is 0. The van der Waals surface area contributed by atoms with E-state index in [-0.39, 0.29) is 17.9 Å². The molecular formula is C14H22N4O2. The smallest absolute Gasteiger partial charge is 0.274 e. The number of carbonyl (C=O) groups excluding carboxylic acids is 1. The van der Waals surface area contributed by atoms with Crippen molar-refractivity contribution >= 4 is 11.6 Å². The highest BCUT2D eigenvalue weighted by molar-refractivity contribution is 5.97. The highest BCUT2D eigenvalue weighted by Gasteiger charge is 2.24. The van der Waals surface area contributed by atoms with Crippen molar-refractivity contribution in [3.8, 4) is 0 Å². The van der Waals surface area contributed by atoms with Gasteiger partial charge in [0.05, 0.1) is 18.0 Å². The monoisotopic (exact) mass is 278 g/mol. The number of nitrogen functional groups attached to an aromatic ring is 1. The van der Waals surface area contributed by atoms with Crippen LogP contribution in [-0.2, 0) is 4.74 Å². The van der Waals surface area contributed by atoms with Crippen LogP contribution in [0.2, 0.25) is 0 Å². The van der Waals surface area contributed by atoms with E-state index in [1.165, 1.54) is 6.20 Å². The maximum atomic E-state index is 12.6. The van der Waals surface area contributed by atoms with Crippen LogP contribution in [0.15, 0.2) is 6.20 Å². The molecule has 1 unspecified atom stereocenters. The first-order valence-corrected chi connectivity index (χ1v) is 7.02. The van der Waals surface area contributed by atoms with Gasteiger partial charge in [-0.15, -0.1) is 0 Å². The van der Waals surface area contributed by atoms with E-state index in [1.54, 1.807) is 4.90 Å². The molecule has 6 nitrogen and oxygen atoms in total. The van der Waals surface area contributed by atoms with Crippen LogP contribution >= 0.6 is 0 Å². The van der Waals surface area contributed by atoms with Crippen molar-refractivity contribution < 1.29 is 9.53 Å². The maximum absolute atomic E-state index is 12.6. The molecule has 2 heterocycles. The molecule has 1 aromatic rings. The fourth-order valence-corrected chi connectivity index (χ4v) is 2.18. The third-order valence-corrected chi connectivity index (χ3v) is 3.29. The van der Waals surface area contributed by atoms with Crippen molar-refractivity contribution in [1.82, 2.24) is 14.9 Å². The molecule has 1 fully saturated rings. The summed E-state index contributed by atoms with van der Waals surface area (Å²) in [6.45, 7) is 7.86. The van der Waals surface area contributed by atoms with E-state index in [1.807, 2.05) is 20.8 Å². The largest absolute Gasteiger partial charge is 0.396 e. The van der Waals surface area contributed by atoms with Gasteiger partial charge in [0.2, 0.25) is 0 Å². The number of carbonyl (C=O) groups is 1. The predicted octanol–water partition coefficient (Wildman–Crippen LogP) is 1.43. The first-order chi connectivity index (χ1) is 9.49. The second kappa shape index (κ2) is 6.17.